The Morgan fingerprint density at radius 2 is 0.275 bits per heavy atom. The third kappa shape index (κ3) is 29.4. The van der Waals surface area contributed by atoms with Gasteiger partial charge in [0.25, 0.3) is 0 Å². The number of carbonyl (C=O) groups is 8. The predicted octanol–water partition coefficient (Wildman–Crippen LogP) is 21.1. The molecule has 0 aliphatic rings. The summed E-state index contributed by atoms with van der Waals surface area (Å²) in [7, 11) is 10.5. The smallest absolute Gasteiger partial charge is 0.337 e. The summed E-state index contributed by atoms with van der Waals surface area (Å²) >= 11 is 0. The predicted molar refractivity (Wildman–Crippen MR) is 522 cm³/mol. The molecule has 0 unspecified atom stereocenters. The summed E-state index contributed by atoms with van der Waals surface area (Å²) in [6.07, 6.45) is 3.72. The molecular formula is C114H100O28. The van der Waals surface area contributed by atoms with E-state index in [9.17, 15) is 38.4 Å². The van der Waals surface area contributed by atoms with Crippen molar-refractivity contribution < 1.29 is 133 Å². The number of hydrogen-bond donors (Lipinski definition) is 0. The van der Waals surface area contributed by atoms with Crippen molar-refractivity contribution in [3.63, 3.8) is 0 Å². The summed E-state index contributed by atoms with van der Waals surface area (Å²) in [5.74, 6) is 0.388. The molecule has 0 saturated carbocycles. The van der Waals surface area contributed by atoms with Crippen molar-refractivity contribution in [2.24, 2.45) is 0 Å². The minimum Gasteiger partial charge on any atom is -0.489 e. The fraction of sp³-hybridized carbons (Fsp3) is 0.175. The third-order valence-electron chi connectivity index (χ3n) is 21.7. The minimum atomic E-state index is -0.512. The normalized spacial score (nSPS) is 10.8. The van der Waals surface area contributed by atoms with E-state index in [0.717, 1.165) is 0 Å². The van der Waals surface area contributed by atoms with Crippen molar-refractivity contribution in [2.75, 3.05) is 56.9 Å². The molecule has 14 aromatic rings. The molecule has 14 aromatic carbocycles. The van der Waals surface area contributed by atoms with Gasteiger partial charge in [-0.2, -0.15) is 0 Å². The largest absolute Gasteiger partial charge is 0.489 e. The first-order valence-electron chi connectivity index (χ1n) is 44.6. The van der Waals surface area contributed by atoms with Gasteiger partial charge in [0.2, 0.25) is 0 Å². The summed E-state index contributed by atoms with van der Waals surface area (Å²) in [5.41, 5.74) is 11.7. The third-order valence-corrected chi connectivity index (χ3v) is 21.7. The number of benzene rings is 14. The second kappa shape index (κ2) is 49.8. The number of ether oxygens (including phenoxy) is 20. The quantitative estimate of drug-likeness (QED) is 0.0194. The van der Waals surface area contributed by atoms with E-state index < -0.39 is 47.8 Å². The molecule has 0 spiro atoms. The van der Waals surface area contributed by atoms with Gasteiger partial charge in [-0.3, -0.25) is 0 Å². The molecule has 0 saturated heterocycles. The molecule has 0 bridgehead atoms. The Bertz CT molecular complexity index is 5770. The van der Waals surface area contributed by atoms with Crippen LogP contribution in [0.1, 0.15) is 161 Å². The fourth-order valence-electron chi connectivity index (χ4n) is 14.7. The minimum absolute atomic E-state index is 0.0422. The molecule has 14 rings (SSSR count). The van der Waals surface area contributed by atoms with Crippen LogP contribution in [-0.4, -0.2) is 105 Å². The lowest BCUT2D eigenvalue weighted by Gasteiger charge is -2.16. The van der Waals surface area contributed by atoms with Crippen LogP contribution in [0, 0.1) is 0 Å². The van der Waals surface area contributed by atoms with Crippen LogP contribution in [0.4, 0.5) is 0 Å². The number of carbonyl (C=O) groups excluding carboxylic acids is 8. The molecule has 724 valence electrons. The summed E-state index contributed by atoms with van der Waals surface area (Å²) in [6.45, 7) is 0.0516. The fourth-order valence-corrected chi connectivity index (χ4v) is 14.7. The number of hydrogen-bond acceptors (Lipinski definition) is 28. The van der Waals surface area contributed by atoms with Gasteiger partial charge in [0, 0.05) is 36.4 Å². The van der Waals surface area contributed by atoms with Crippen LogP contribution in [0.3, 0.4) is 0 Å². The van der Waals surface area contributed by atoms with Gasteiger partial charge in [-0.25, -0.2) is 38.4 Å². The zero-order valence-corrected chi connectivity index (χ0v) is 78.9. The molecular weight excluding hydrogens is 1820 g/mol. The van der Waals surface area contributed by atoms with Crippen LogP contribution in [0.2, 0.25) is 0 Å². The average Bonchev–Trinajstić information content (AvgIpc) is 0.835. The number of esters is 8. The Morgan fingerprint density at radius 1 is 0.155 bits per heavy atom. The lowest BCUT2D eigenvalue weighted by molar-refractivity contribution is 0.0591. The van der Waals surface area contributed by atoms with Gasteiger partial charge < -0.3 is 94.7 Å². The van der Waals surface area contributed by atoms with E-state index in [2.05, 4.69) is 0 Å². The van der Waals surface area contributed by atoms with Crippen molar-refractivity contribution in [3.05, 3.63) is 426 Å². The molecule has 0 heterocycles. The van der Waals surface area contributed by atoms with Crippen LogP contribution < -0.4 is 56.8 Å². The van der Waals surface area contributed by atoms with Crippen LogP contribution in [0.25, 0.3) is 12.2 Å². The van der Waals surface area contributed by atoms with Crippen LogP contribution in [-0.2, 0) is 117 Å². The topological polar surface area (TPSA) is 321 Å². The lowest BCUT2D eigenvalue weighted by Crippen LogP contribution is -2.05. The molecule has 0 amide bonds. The highest BCUT2D eigenvalue weighted by molar-refractivity contribution is 5.93. The van der Waals surface area contributed by atoms with Crippen molar-refractivity contribution in [1.29, 1.82) is 0 Å². The Kier molecular flexibility index (Phi) is 35.1. The van der Waals surface area contributed by atoms with Crippen LogP contribution in [0.5, 0.6) is 69.0 Å². The molecule has 0 aliphatic heterocycles. The highest BCUT2D eigenvalue weighted by Gasteiger charge is 2.20. The maximum atomic E-state index is 12.7. The molecule has 0 fully saturated rings. The van der Waals surface area contributed by atoms with E-state index in [-0.39, 0.29) is 79.3 Å². The summed E-state index contributed by atoms with van der Waals surface area (Å²) in [5, 5.41) is 0. The average molecular weight is 1920 g/mol. The van der Waals surface area contributed by atoms with Gasteiger partial charge in [0.1, 0.15) is 148 Å². The van der Waals surface area contributed by atoms with Gasteiger partial charge in [-0.05, 0) is 248 Å². The standard InChI is InChI=1S/C114H100O28/c1-123-107(115)87-25-9-17-75(35-87)61-131-99-47-83(48-100(57-99)132-62-76-18-10-26-88(36-76)108(116)124-2)69-139-95-43-73(44-96(55-95)140-70-84-49-101(133-63-77-19-11-27-89(37-77)109(117)125-3)58-102(50-84)134-64-78-20-12-28-90(38-78)110(118)126-4)33-34-74-45-97(141-71-85-51-103(135-65-79-21-13-29-91(39-79)111(119)127-5)59-104(52-85)136-66-80-22-14-30-92(40-80)112(120)128-6)56-98(46-74)142-72-86-53-105(137-67-81-23-15-31-93(41-81)113(121)129-7)60-106(54-86)138-68-82-24-16-32-94(42-82)114(122)130-8/h9-60H,61-72H2,1-8H3/b34-33-. The lowest BCUT2D eigenvalue weighted by atomic mass is 10.1. The van der Waals surface area contributed by atoms with E-state index >= 15 is 0 Å². The van der Waals surface area contributed by atoms with Gasteiger partial charge >= 0.3 is 47.8 Å². The second-order valence-corrected chi connectivity index (χ2v) is 32.1. The Labute approximate surface area is 819 Å². The first-order valence-corrected chi connectivity index (χ1v) is 44.6. The van der Waals surface area contributed by atoms with Crippen molar-refractivity contribution in [2.45, 2.75) is 79.3 Å². The van der Waals surface area contributed by atoms with Gasteiger partial charge in [0.15, 0.2) is 0 Å². The highest BCUT2D eigenvalue weighted by atomic mass is 16.6. The van der Waals surface area contributed by atoms with Gasteiger partial charge in [-0.1, -0.05) is 109 Å². The molecule has 0 aliphatic carbocycles. The maximum absolute atomic E-state index is 12.7. The molecule has 0 radical (unpaired) electrons. The Hall–Kier alpha value is -17.8. The molecule has 142 heavy (non-hydrogen) atoms. The van der Waals surface area contributed by atoms with Crippen molar-refractivity contribution >= 4 is 59.9 Å². The SMILES string of the molecule is COC(=O)c1cccc(COc2cc(COc3cc(/C=C\c4cc(OCc5cc(OCc6cccc(C(=O)OC)c6)cc(OCc6cccc(C(=O)OC)c6)c5)cc(OCc5cc(OCc6cccc(C(=O)OC)c6)cc(OCc6cccc(C(=O)OC)c6)c5)c4)cc(OCc4cc(OCc5cccc(C(=O)OC)c5)cc(OCc5cccc(C(=O)OC)c5)c4)c3)cc(OCc3cccc(C(=O)OC)c3)c2)c1. The van der Waals surface area contributed by atoms with Gasteiger partial charge in [-0.15, -0.1) is 0 Å². The highest BCUT2D eigenvalue weighted by Crippen LogP contribution is 2.36. The summed E-state index contributed by atoms with van der Waals surface area (Å²) in [6, 6.07) is 87.2. The Morgan fingerprint density at radius 3 is 0.401 bits per heavy atom. The molecule has 28 nitrogen and oxygen atoms in total. The molecule has 0 N–H and O–H groups in total. The first kappa shape index (κ1) is 100. The van der Waals surface area contributed by atoms with Crippen LogP contribution >= 0.6 is 0 Å². The van der Waals surface area contributed by atoms with Crippen molar-refractivity contribution in [3.8, 4) is 69.0 Å². The van der Waals surface area contributed by atoms with E-state index in [1.807, 2.05) is 84.9 Å². The number of rotatable bonds is 46. The Balaban J connectivity index is 0.837. The zero-order chi connectivity index (χ0) is 99.6. The van der Waals surface area contributed by atoms with E-state index in [4.69, 9.17) is 94.7 Å². The monoisotopic (exact) mass is 1920 g/mol. The van der Waals surface area contributed by atoms with E-state index in [1.165, 1.54) is 56.9 Å². The van der Waals surface area contributed by atoms with Crippen LogP contribution in [0.15, 0.2) is 303 Å². The maximum Gasteiger partial charge on any atom is 0.337 e. The zero-order valence-electron chi connectivity index (χ0n) is 78.9. The summed E-state index contributed by atoms with van der Waals surface area (Å²) in [4.78, 5) is 101. The van der Waals surface area contributed by atoms with Crippen molar-refractivity contribution in [1.82, 2.24) is 0 Å². The number of methoxy groups -OCH3 is 8. The van der Waals surface area contributed by atoms with E-state index in [1.54, 1.807) is 231 Å². The molecule has 28 heteroatoms. The molecule has 0 atom stereocenters. The van der Waals surface area contributed by atoms with E-state index in [0.29, 0.717) is 191 Å². The molecule has 0 aromatic heterocycles. The summed E-state index contributed by atoms with van der Waals surface area (Å²) < 4.78 is 119. The second-order valence-electron chi connectivity index (χ2n) is 32.1. The first-order chi connectivity index (χ1) is 69.1. The van der Waals surface area contributed by atoms with Gasteiger partial charge in [0.05, 0.1) is 101 Å².